The third-order valence-electron chi connectivity index (χ3n) is 6.40. The van der Waals surface area contributed by atoms with Crippen molar-refractivity contribution in [3.8, 4) is 0 Å². The second-order valence-electron chi connectivity index (χ2n) is 8.21. The number of imide groups is 1. The minimum atomic E-state index is -0.809. The van der Waals surface area contributed by atoms with Crippen LogP contribution in [0, 0.1) is 0 Å². The molecule has 1 heterocycles. The molecule has 5 rings (SSSR count). The van der Waals surface area contributed by atoms with Crippen molar-refractivity contribution in [3.63, 3.8) is 0 Å². The Bertz CT molecular complexity index is 1080. The molecule has 1 aliphatic carbocycles. The second kappa shape index (κ2) is 7.45. The molecule has 150 valence electrons. The Labute approximate surface area is 176 Å². The Morgan fingerprint density at radius 2 is 1.27 bits per heavy atom. The third-order valence-corrected chi connectivity index (χ3v) is 6.40. The maximum Gasteiger partial charge on any atom is 0.328 e. The van der Waals surface area contributed by atoms with Crippen molar-refractivity contribution in [2.75, 3.05) is 0 Å². The van der Waals surface area contributed by atoms with Gasteiger partial charge in [-0.2, -0.15) is 0 Å². The largest absolute Gasteiger partial charge is 0.328 e. The zero-order chi connectivity index (χ0) is 20.6. The second-order valence-corrected chi connectivity index (χ2v) is 8.21. The molecule has 0 radical (unpaired) electrons. The summed E-state index contributed by atoms with van der Waals surface area (Å²) in [6.45, 7) is 0.756. The van der Waals surface area contributed by atoms with Crippen LogP contribution in [0.1, 0.15) is 28.7 Å². The molecule has 2 aliphatic rings. The van der Waals surface area contributed by atoms with Crippen molar-refractivity contribution < 1.29 is 9.59 Å². The summed E-state index contributed by atoms with van der Waals surface area (Å²) in [4.78, 5) is 30.6. The van der Waals surface area contributed by atoms with Gasteiger partial charge in [-0.3, -0.25) is 9.69 Å². The van der Waals surface area contributed by atoms with Gasteiger partial charge in [0, 0.05) is 13.0 Å². The molecule has 0 aromatic heterocycles. The fourth-order valence-corrected chi connectivity index (χ4v) is 4.80. The summed E-state index contributed by atoms with van der Waals surface area (Å²) in [6, 6.07) is 27.8. The van der Waals surface area contributed by atoms with Crippen LogP contribution >= 0.6 is 0 Å². The highest BCUT2D eigenvalue weighted by atomic mass is 16.2. The van der Waals surface area contributed by atoms with E-state index in [-0.39, 0.29) is 11.9 Å². The van der Waals surface area contributed by atoms with E-state index in [1.807, 2.05) is 77.7 Å². The third kappa shape index (κ3) is 3.09. The number of hydrogen-bond donors (Lipinski definition) is 0. The van der Waals surface area contributed by atoms with E-state index in [4.69, 9.17) is 0 Å². The zero-order valence-electron chi connectivity index (χ0n) is 16.8. The lowest BCUT2D eigenvalue weighted by molar-refractivity contribution is -0.134. The van der Waals surface area contributed by atoms with E-state index in [0.29, 0.717) is 25.9 Å². The summed E-state index contributed by atoms with van der Waals surface area (Å²) in [5, 5.41) is 0. The molecule has 4 heteroatoms. The minimum Gasteiger partial charge on any atom is -0.305 e. The quantitative estimate of drug-likeness (QED) is 0.606. The predicted molar refractivity (Wildman–Crippen MR) is 116 cm³/mol. The Hall–Kier alpha value is -3.40. The molecule has 1 aliphatic heterocycles. The van der Waals surface area contributed by atoms with Gasteiger partial charge in [-0.05, 0) is 35.1 Å². The van der Waals surface area contributed by atoms with Gasteiger partial charge in [-0.15, -0.1) is 0 Å². The van der Waals surface area contributed by atoms with Crippen molar-refractivity contribution >= 4 is 11.9 Å². The van der Waals surface area contributed by atoms with E-state index in [1.54, 1.807) is 0 Å². The van der Waals surface area contributed by atoms with Crippen molar-refractivity contribution in [1.82, 2.24) is 9.80 Å². The van der Waals surface area contributed by atoms with Gasteiger partial charge in [0.15, 0.2) is 0 Å². The molecule has 1 saturated heterocycles. The molecular formula is C26H24N2O2. The van der Waals surface area contributed by atoms with Crippen LogP contribution in [0.2, 0.25) is 0 Å². The van der Waals surface area contributed by atoms with Gasteiger partial charge in [-0.1, -0.05) is 84.9 Å². The molecule has 0 N–H and O–H groups in total. The highest BCUT2D eigenvalue weighted by molar-refractivity contribution is 6.07. The molecule has 4 nitrogen and oxygen atoms in total. The summed E-state index contributed by atoms with van der Waals surface area (Å²) in [5.74, 6) is -0.0678. The molecule has 1 unspecified atom stereocenters. The average molecular weight is 396 g/mol. The lowest BCUT2D eigenvalue weighted by Gasteiger charge is -2.39. The number of carbonyl (C=O) groups excluding carboxylic acids is 2. The zero-order valence-corrected chi connectivity index (χ0v) is 16.8. The molecule has 0 bridgehead atoms. The molecule has 1 atom stereocenters. The molecule has 1 spiro atoms. The number of aryl methyl sites for hydroxylation is 1. The van der Waals surface area contributed by atoms with Gasteiger partial charge < -0.3 is 4.90 Å². The topological polar surface area (TPSA) is 40.6 Å². The standard InChI is InChI=1S/C26H24N2O2/c29-24-26(16-15-22-13-7-8-14-23(22)17-26)28(19-21-11-5-2-6-12-21)25(30)27(24)18-20-9-3-1-4-10-20/h1-14H,15-19H2. The van der Waals surface area contributed by atoms with Gasteiger partial charge >= 0.3 is 6.03 Å². The number of benzene rings is 3. The Kier molecular flexibility index (Phi) is 4.62. The van der Waals surface area contributed by atoms with E-state index >= 15 is 0 Å². The van der Waals surface area contributed by atoms with E-state index in [1.165, 1.54) is 16.0 Å². The van der Waals surface area contributed by atoms with Crippen LogP contribution in [0.4, 0.5) is 4.79 Å². The van der Waals surface area contributed by atoms with Crippen LogP contribution in [0.15, 0.2) is 84.9 Å². The SMILES string of the molecule is O=C1N(Cc2ccccc2)C(=O)C2(CCc3ccccc3C2)N1Cc1ccccc1. The van der Waals surface area contributed by atoms with Crippen LogP contribution in [-0.4, -0.2) is 27.3 Å². The van der Waals surface area contributed by atoms with E-state index in [0.717, 1.165) is 17.5 Å². The summed E-state index contributed by atoms with van der Waals surface area (Å²) < 4.78 is 0. The van der Waals surface area contributed by atoms with Crippen molar-refractivity contribution in [2.45, 2.75) is 37.9 Å². The number of nitrogens with zero attached hydrogens (tertiary/aromatic N) is 2. The minimum absolute atomic E-state index is 0.0678. The van der Waals surface area contributed by atoms with Gasteiger partial charge in [-0.25, -0.2) is 4.79 Å². The van der Waals surface area contributed by atoms with Crippen LogP contribution in [0.25, 0.3) is 0 Å². The molecule has 30 heavy (non-hydrogen) atoms. The fourth-order valence-electron chi connectivity index (χ4n) is 4.80. The number of carbonyl (C=O) groups is 2. The average Bonchev–Trinajstić information content (AvgIpc) is 2.97. The highest BCUT2D eigenvalue weighted by Crippen LogP contribution is 2.41. The summed E-state index contributed by atoms with van der Waals surface area (Å²) in [6.07, 6.45) is 2.04. The first-order chi connectivity index (χ1) is 14.7. The fraction of sp³-hybridized carbons (Fsp3) is 0.231. The molecule has 3 amide bonds. The van der Waals surface area contributed by atoms with Crippen molar-refractivity contribution in [1.29, 1.82) is 0 Å². The Balaban J connectivity index is 1.53. The number of urea groups is 1. The monoisotopic (exact) mass is 396 g/mol. The Morgan fingerprint density at radius 1 is 0.700 bits per heavy atom. The van der Waals surface area contributed by atoms with Gasteiger partial charge in [0.2, 0.25) is 0 Å². The molecular weight excluding hydrogens is 372 g/mol. The van der Waals surface area contributed by atoms with Gasteiger partial charge in [0.1, 0.15) is 5.54 Å². The normalized spacial score (nSPS) is 20.7. The van der Waals surface area contributed by atoms with E-state index < -0.39 is 5.54 Å². The summed E-state index contributed by atoms with van der Waals surface area (Å²) >= 11 is 0. The van der Waals surface area contributed by atoms with Crippen molar-refractivity contribution in [2.24, 2.45) is 0 Å². The molecule has 0 saturated carbocycles. The highest BCUT2D eigenvalue weighted by Gasteiger charge is 2.57. The van der Waals surface area contributed by atoms with Crippen LogP contribution in [0.5, 0.6) is 0 Å². The molecule has 3 aromatic carbocycles. The summed E-state index contributed by atoms with van der Waals surface area (Å²) in [5.41, 5.74) is 3.65. The van der Waals surface area contributed by atoms with Gasteiger partial charge in [0.25, 0.3) is 5.91 Å². The van der Waals surface area contributed by atoms with E-state index in [9.17, 15) is 9.59 Å². The number of amides is 3. The number of rotatable bonds is 4. The van der Waals surface area contributed by atoms with Crippen molar-refractivity contribution in [3.05, 3.63) is 107 Å². The molecule has 3 aromatic rings. The van der Waals surface area contributed by atoms with Crippen LogP contribution in [-0.2, 0) is 30.7 Å². The smallest absolute Gasteiger partial charge is 0.305 e. The van der Waals surface area contributed by atoms with Crippen LogP contribution in [0.3, 0.4) is 0 Å². The Morgan fingerprint density at radius 3 is 1.93 bits per heavy atom. The number of hydrogen-bond acceptors (Lipinski definition) is 2. The number of fused-ring (bicyclic) bond motifs is 1. The van der Waals surface area contributed by atoms with E-state index in [2.05, 4.69) is 12.1 Å². The van der Waals surface area contributed by atoms with Crippen LogP contribution < -0.4 is 0 Å². The molecule has 1 fully saturated rings. The lowest BCUT2D eigenvalue weighted by atomic mass is 9.76. The first-order valence-electron chi connectivity index (χ1n) is 10.5. The van der Waals surface area contributed by atoms with Gasteiger partial charge in [0.05, 0.1) is 6.54 Å². The first-order valence-corrected chi connectivity index (χ1v) is 10.5. The first kappa shape index (κ1) is 18.6. The summed E-state index contributed by atoms with van der Waals surface area (Å²) in [7, 11) is 0. The predicted octanol–water partition coefficient (Wildman–Crippen LogP) is 4.58. The maximum atomic E-state index is 13.8. The maximum absolute atomic E-state index is 13.8. The lowest BCUT2D eigenvalue weighted by Crippen LogP contribution is -2.53.